The first kappa shape index (κ1) is 20.0. The lowest BCUT2D eigenvalue weighted by Crippen LogP contribution is -2.24. The van der Waals surface area contributed by atoms with E-state index >= 15 is 0 Å². The molecular formula is C25H25N3O2S. The number of carbonyl (C=O) groups excluding carboxylic acids is 2. The van der Waals surface area contributed by atoms with Crippen molar-refractivity contribution in [3.05, 3.63) is 87.1 Å². The molecule has 158 valence electrons. The molecule has 2 heterocycles. The number of anilines is 1. The molecular weight excluding hydrogens is 406 g/mol. The fourth-order valence-corrected chi connectivity index (χ4v) is 4.85. The maximum absolute atomic E-state index is 12.7. The predicted molar refractivity (Wildman–Crippen MR) is 123 cm³/mol. The van der Waals surface area contributed by atoms with Gasteiger partial charge in [0.1, 0.15) is 0 Å². The van der Waals surface area contributed by atoms with Crippen molar-refractivity contribution in [3.63, 3.8) is 0 Å². The van der Waals surface area contributed by atoms with Crippen LogP contribution in [0.25, 0.3) is 0 Å². The van der Waals surface area contributed by atoms with Crippen LogP contribution in [-0.4, -0.2) is 18.4 Å². The number of hydrogen-bond donors (Lipinski definition) is 3. The summed E-state index contributed by atoms with van der Waals surface area (Å²) < 4.78 is 0. The third-order valence-corrected chi connectivity index (χ3v) is 6.97. The van der Waals surface area contributed by atoms with Crippen LogP contribution >= 0.6 is 11.3 Å². The second-order valence-electron chi connectivity index (χ2n) is 8.23. The van der Waals surface area contributed by atoms with Gasteiger partial charge in [0.2, 0.25) is 5.91 Å². The van der Waals surface area contributed by atoms with Crippen LogP contribution in [0.1, 0.15) is 44.3 Å². The molecule has 1 saturated carbocycles. The monoisotopic (exact) mass is 431 g/mol. The van der Waals surface area contributed by atoms with E-state index in [1.807, 2.05) is 47.8 Å². The first-order valence-corrected chi connectivity index (χ1v) is 11.6. The second-order valence-corrected chi connectivity index (χ2v) is 9.26. The second kappa shape index (κ2) is 8.65. The Bertz CT molecular complexity index is 1090. The highest BCUT2D eigenvalue weighted by atomic mass is 32.1. The first-order chi connectivity index (χ1) is 15.2. The molecule has 1 aliphatic carbocycles. The van der Waals surface area contributed by atoms with E-state index in [0.29, 0.717) is 12.1 Å². The summed E-state index contributed by atoms with van der Waals surface area (Å²) >= 11 is 1.63. The highest BCUT2D eigenvalue weighted by Crippen LogP contribution is 2.48. The van der Waals surface area contributed by atoms with Gasteiger partial charge in [0, 0.05) is 28.6 Å². The first-order valence-electron chi connectivity index (χ1n) is 10.7. The summed E-state index contributed by atoms with van der Waals surface area (Å²) in [5.41, 5.74) is 5.27. The molecule has 1 fully saturated rings. The Morgan fingerprint density at radius 2 is 1.94 bits per heavy atom. The number of carbonyl (C=O) groups is 2. The van der Waals surface area contributed by atoms with E-state index < -0.39 is 0 Å². The smallest absolute Gasteiger partial charge is 0.251 e. The van der Waals surface area contributed by atoms with E-state index in [2.05, 4.69) is 28.1 Å². The van der Waals surface area contributed by atoms with Crippen molar-refractivity contribution >= 4 is 28.8 Å². The highest BCUT2D eigenvalue weighted by molar-refractivity contribution is 7.09. The molecule has 6 heteroatoms. The van der Waals surface area contributed by atoms with E-state index in [1.54, 1.807) is 11.3 Å². The van der Waals surface area contributed by atoms with Crippen LogP contribution in [0.3, 0.4) is 0 Å². The van der Waals surface area contributed by atoms with Crippen LogP contribution in [0.5, 0.6) is 0 Å². The van der Waals surface area contributed by atoms with Gasteiger partial charge in [-0.1, -0.05) is 24.3 Å². The molecule has 1 aliphatic heterocycles. The van der Waals surface area contributed by atoms with Crippen molar-refractivity contribution < 1.29 is 9.59 Å². The number of fused-ring (bicyclic) bond motifs is 1. The average molecular weight is 432 g/mol. The summed E-state index contributed by atoms with van der Waals surface area (Å²) in [6.45, 7) is 2.43. The van der Waals surface area contributed by atoms with Crippen LogP contribution in [-0.2, 0) is 24.3 Å². The van der Waals surface area contributed by atoms with Crippen LogP contribution < -0.4 is 16.0 Å². The van der Waals surface area contributed by atoms with Crippen molar-refractivity contribution in [2.45, 2.75) is 31.8 Å². The zero-order valence-electron chi connectivity index (χ0n) is 17.2. The summed E-state index contributed by atoms with van der Waals surface area (Å²) in [4.78, 5) is 26.2. The van der Waals surface area contributed by atoms with Crippen molar-refractivity contribution in [2.75, 3.05) is 11.9 Å². The molecule has 31 heavy (non-hydrogen) atoms. The maximum atomic E-state index is 12.7. The molecule has 5 rings (SSSR count). The van der Waals surface area contributed by atoms with Crippen molar-refractivity contribution in [1.82, 2.24) is 10.6 Å². The lowest BCUT2D eigenvalue weighted by atomic mass is 10.0. The number of amides is 2. The number of nitrogens with one attached hydrogen (secondary N) is 3. The minimum absolute atomic E-state index is 0.00351. The van der Waals surface area contributed by atoms with Gasteiger partial charge in [-0.25, -0.2) is 0 Å². The molecule has 0 bridgehead atoms. The van der Waals surface area contributed by atoms with Gasteiger partial charge < -0.3 is 16.0 Å². The molecule has 2 amide bonds. The fourth-order valence-electron chi connectivity index (χ4n) is 4.21. The lowest BCUT2D eigenvalue weighted by molar-refractivity contribution is -0.117. The Morgan fingerprint density at radius 3 is 2.74 bits per heavy atom. The Morgan fingerprint density at radius 1 is 1.06 bits per heavy atom. The molecule has 0 radical (unpaired) electrons. The van der Waals surface area contributed by atoms with E-state index in [1.165, 1.54) is 11.1 Å². The third-order valence-electron chi connectivity index (χ3n) is 6.09. The normalized spacial score (nSPS) is 19.4. The van der Waals surface area contributed by atoms with Gasteiger partial charge in [0.15, 0.2) is 0 Å². The lowest BCUT2D eigenvalue weighted by Gasteiger charge is -2.18. The molecule has 5 nitrogen and oxygen atoms in total. The minimum atomic E-state index is -0.0763. The summed E-state index contributed by atoms with van der Waals surface area (Å²) in [7, 11) is 0. The third kappa shape index (κ3) is 4.55. The van der Waals surface area contributed by atoms with Gasteiger partial charge in [-0.15, -0.1) is 11.3 Å². The van der Waals surface area contributed by atoms with Crippen molar-refractivity contribution in [1.29, 1.82) is 0 Å². The summed E-state index contributed by atoms with van der Waals surface area (Å²) in [5, 5.41) is 11.4. The van der Waals surface area contributed by atoms with E-state index in [4.69, 9.17) is 0 Å². The molecule has 0 spiro atoms. The van der Waals surface area contributed by atoms with Crippen LogP contribution in [0.15, 0.2) is 60.0 Å². The van der Waals surface area contributed by atoms with E-state index in [-0.39, 0.29) is 23.7 Å². The molecule has 2 aliphatic rings. The standard InChI is InChI=1S/C25H25N3O2S/c29-24(27-15-21-2-1-11-31-21)17-5-3-16(4-6-17)22-13-23(22)25(30)28-20-8-7-19-14-26-10-9-18(19)12-20/h1-8,11-12,22-23,26H,9-10,13-15H2,(H,27,29)(H,28,30). The molecule has 1 aromatic heterocycles. The average Bonchev–Trinajstić information content (AvgIpc) is 3.44. The number of hydrogen-bond acceptors (Lipinski definition) is 4. The molecule has 2 aromatic carbocycles. The van der Waals surface area contributed by atoms with Crippen LogP contribution in [0.2, 0.25) is 0 Å². The van der Waals surface area contributed by atoms with Gasteiger partial charge in [-0.2, -0.15) is 0 Å². The van der Waals surface area contributed by atoms with Crippen LogP contribution in [0.4, 0.5) is 5.69 Å². The number of thiophene rings is 1. The summed E-state index contributed by atoms with van der Waals surface area (Å²) in [6, 6.07) is 17.8. The van der Waals surface area contributed by atoms with Gasteiger partial charge in [0.05, 0.1) is 6.54 Å². The van der Waals surface area contributed by atoms with Crippen molar-refractivity contribution in [2.24, 2.45) is 5.92 Å². The number of rotatable bonds is 6. The largest absolute Gasteiger partial charge is 0.347 e. The summed E-state index contributed by atoms with van der Waals surface area (Å²) in [5.74, 6) is 0.227. The van der Waals surface area contributed by atoms with Gasteiger partial charge in [-0.05, 0) is 77.7 Å². The van der Waals surface area contributed by atoms with Crippen LogP contribution in [0, 0.1) is 5.92 Å². The zero-order chi connectivity index (χ0) is 21.2. The maximum Gasteiger partial charge on any atom is 0.251 e. The van der Waals surface area contributed by atoms with E-state index in [9.17, 15) is 9.59 Å². The van der Waals surface area contributed by atoms with Gasteiger partial charge in [0.25, 0.3) is 5.91 Å². The molecule has 2 unspecified atom stereocenters. The Balaban J connectivity index is 1.16. The van der Waals surface area contributed by atoms with Gasteiger partial charge >= 0.3 is 0 Å². The topological polar surface area (TPSA) is 70.2 Å². The quantitative estimate of drug-likeness (QED) is 0.551. The summed E-state index contributed by atoms with van der Waals surface area (Å²) in [6.07, 6.45) is 1.85. The fraction of sp³-hybridized carbons (Fsp3) is 0.280. The Hall–Kier alpha value is -2.96. The minimum Gasteiger partial charge on any atom is -0.347 e. The van der Waals surface area contributed by atoms with Gasteiger partial charge in [-0.3, -0.25) is 9.59 Å². The Kier molecular flexibility index (Phi) is 5.57. The SMILES string of the molecule is O=C(NCc1cccs1)c1ccc(C2CC2C(=O)Nc2ccc3c(c2)CCNC3)cc1. The molecule has 0 saturated heterocycles. The van der Waals surface area contributed by atoms with E-state index in [0.717, 1.165) is 42.1 Å². The molecule has 3 N–H and O–H groups in total. The number of benzene rings is 2. The molecule has 2 atom stereocenters. The Labute approximate surface area is 185 Å². The predicted octanol–water partition coefficient (Wildman–Crippen LogP) is 4.07. The zero-order valence-corrected chi connectivity index (χ0v) is 18.0. The molecule has 3 aromatic rings. The highest BCUT2D eigenvalue weighted by Gasteiger charge is 2.43. The van der Waals surface area contributed by atoms with Crippen molar-refractivity contribution in [3.8, 4) is 0 Å².